The van der Waals surface area contributed by atoms with Crippen LogP contribution in [0.25, 0.3) is 0 Å². The van der Waals surface area contributed by atoms with Crippen LogP contribution < -0.4 is 15.8 Å². The van der Waals surface area contributed by atoms with Gasteiger partial charge in [0, 0.05) is 13.2 Å². The number of ether oxygens (including phenoxy) is 2. The van der Waals surface area contributed by atoms with Gasteiger partial charge in [-0.3, -0.25) is 0 Å². The fraction of sp³-hybridized carbons (Fsp3) is 0.533. The first-order valence-electron chi connectivity index (χ1n) is 7.42. The molecule has 1 aromatic rings. The van der Waals surface area contributed by atoms with Gasteiger partial charge in [-0.1, -0.05) is 12.1 Å². The van der Waals surface area contributed by atoms with Gasteiger partial charge in [-0.2, -0.15) is 0 Å². The van der Waals surface area contributed by atoms with Gasteiger partial charge in [0.2, 0.25) is 0 Å². The van der Waals surface area contributed by atoms with Crippen molar-refractivity contribution in [1.29, 1.82) is 0 Å². The molecule has 3 N–H and O–H groups in total. The third-order valence-electron chi connectivity index (χ3n) is 3.39. The maximum Gasteiger partial charge on any atom is 0.573 e. The molecule has 5 nitrogen and oxygen atoms in total. The Labute approximate surface area is 155 Å². The standard InChI is InChI=1S/C15H20F3N3O2.HI/c16-15(17,18)23-13-5-3-11(4-6-13)10-21-14(19)20-8-7-12-2-1-9-22-12;/h3-6,12H,1-2,7-10H2,(H3,19,20,21);1H. The Bertz CT molecular complexity index is 518. The van der Waals surface area contributed by atoms with Crippen molar-refractivity contribution in [2.24, 2.45) is 10.7 Å². The summed E-state index contributed by atoms with van der Waals surface area (Å²) in [5, 5.41) is 3.00. The average Bonchev–Trinajstić information content (AvgIpc) is 2.98. The van der Waals surface area contributed by atoms with E-state index in [1.54, 1.807) is 0 Å². The summed E-state index contributed by atoms with van der Waals surface area (Å²) in [4.78, 5) is 4.14. The second-order valence-corrected chi connectivity index (χ2v) is 5.24. The molecule has 0 saturated carbocycles. The Morgan fingerprint density at radius 2 is 2.04 bits per heavy atom. The lowest BCUT2D eigenvalue weighted by Gasteiger charge is -2.10. The summed E-state index contributed by atoms with van der Waals surface area (Å²) >= 11 is 0. The number of rotatable bonds is 6. The quantitative estimate of drug-likeness (QED) is 0.390. The number of halogens is 4. The SMILES string of the molecule is I.NC(=NCc1ccc(OC(F)(F)F)cc1)NCCC1CCCO1. The highest BCUT2D eigenvalue weighted by Gasteiger charge is 2.30. The smallest absolute Gasteiger partial charge is 0.406 e. The number of nitrogens with two attached hydrogens (primary N) is 1. The van der Waals surface area contributed by atoms with Gasteiger partial charge in [0.25, 0.3) is 0 Å². The molecule has 2 rings (SSSR count). The van der Waals surface area contributed by atoms with E-state index in [1.807, 2.05) is 0 Å². The van der Waals surface area contributed by atoms with Crippen molar-refractivity contribution in [3.8, 4) is 5.75 Å². The second-order valence-electron chi connectivity index (χ2n) is 5.24. The van der Waals surface area contributed by atoms with Crippen LogP contribution in [-0.2, 0) is 11.3 Å². The molecule has 24 heavy (non-hydrogen) atoms. The molecule has 1 aliphatic heterocycles. The summed E-state index contributed by atoms with van der Waals surface area (Å²) in [6.07, 6.45) is -1.35. The first kappa shape index (κ1) is 20.8. The molecule has 1 unspecified atom stereocenters. The molecule has 1 atom stereocenters. The molecule has 0 radical (unpaired) electrons. The summed E-state index contributed by atoms with van der Waals surface area (Å²) in [5.41, 5.74) is 6.48. The lowest BCUT2D eigenvalue weighted by atomic mass is 10.2. The summed E-state index contributed by atoms with van der Waals surface area (Å²) in [6.45, 7) is 1.78. The van der Waals surface area contributed by atoms with E-state index in [-0.39, 0.29) is 42.4 Å². The number of aliphatic imine (C=N–C) groups is 1. The summed E-state index contributed by atoms with van der Waals surface area (Å²) in [7, 11) is 0. The summed E-state index contributed by atoms with van der Waals surface area (Å²) < 4.78 is 45.4. The number of guanidine groups is 1. The van der Waals surface area contributed by atoms with Crippen LogP contribution in [0.5, 0.6) is 5.75 Å². The minimum atomic E-state index is -4.68. The maximum atomic E-state index is 12.0. The van der Waals surface area contributed by atoms with Crippen molar-refractivity contribution in [3.05, 3.63) is 29.8 Å². The van der Waals surface area contributed by atoms with Crippen LogP contribution in [0.1, 0.15) is 24.8 Å². The van der Waals surface area contributed by atoms with Crippen molar-refractivity contribution >= 4 is 29.9 Å². The highest BCUT2D eigenvalue weighted by molar-refractivity contribution is 14.0. The number of nitrogens with zero attached hydrogens (tertiary/aromatic N) is 1. The molecule has 0 aliphatic carbocycles. The molecule has 1 heterocycles. The van der Waals surface area contributed by atoms with E-state index in [0.29, 0.717) is 12.5 Å². The van der Waals surface area contributed by atoms with Crippen LogP contribution in [-0.4, -0.2) is 31.6 Å². The van der Waals surface area contributed by atoms with Crippen LogP contribution in [0.3, 0.4) is 0 Å². The van der Waals surface area contributed by atoms with Gasteiger partial charge in [-0.05, 0) is 37.0 Å². The number of nitrogens with one attached hydrogen (secondary N) is 1. The lowest BCUT2D eigenvalue weighted by Crippen LogP contribution is -2.33. The molecule has 136 valence electrons. The van der Waals surface area contributed by atoms with Crippen molar-refractivity contribution in [1.82, 2.24) is 5.32 Å². The van der Waals surface area contributed by atoms with Crippen LogP contribution in [0, 0.1) is 0 Å². The van der Waals surface area contributed by atoms with Gasteiger partial charge < -0.3 is 20.5 Å². The van der Waals surface area contributed by atoms with Crippen LogP contribution in [0.2, 0.25) is 0 Å². The van der Waals surface area contributed by atoms with Gasteiger partial charge in [0.15, 0.2) is 5.96 Å². The molecule has 1 aliphatic rings. The number of alkyl halides is 3. The predicted molar refractivity (Wildman–Crippen MR) is 95.5 cm³/mol. The number of benzene rings is 1. The zero-order valence-corrected chi connectivity index (χ0v) is 15.3. The van der Waals surface area contributed by atoms with Gasteiger partial charge >= 0.3 is 6.36 Å². The molecule has 0 bridgehead atoms. The van der Waals surface area contributed by atoms with E-state index in [2.05, 4.69) is 15.0 Å². The highest BCUT2D eigenvalue weighted by atomic mass is 127. The lowest BCUT2D eigenvalue weighted by molar-refractivity contribution is -0.274. The fourth-order valence-electron chi connectivity index (χ4n) is 2.26. The van der Waals surface area contributed by atoms with Crippen molar-refractivity contribution in [3.63, 3.8) is 0 Å². The van der Waals surface area contributed by atoms with Crippen LogP contribution in [0.4, 0.5) is 13.2 Å². The monoisotopic (exact) mass is 459 g/mol. The van der Waals surface area contributed by atoms with E-state index < -0.39 is 6.36 Å². The molecular weight excluding hydrogens is 438 g/mol. The van der Waals surface area contributed by atoms with Crippen molar-refractivity contribution in [2.45, 2.75) is 38.3 Å². The van der Waals surface area contributed by atoms with E-state index in [1.165, 1.54) is 24.3 Å². The van der Waals surface area contributed by atoms with Gasteiger partial charge in [0.05, 0.1) is 12.6 Å². The summed E-state index contributed by atoms with van der Waals surface area (Å²) in [6, 6.07) is 5.53. The molecule has 0 aromatic heterocycles. The molecule has 1 fully saturated rings. The first-order valence-corrected chi connectivity index (χ1v) is 7.42. The molecule has 1 saturated heterocycles. The normalized spacial score (nSPS) is 18.1. The van der Waals surface area contributed by atoms with E-state index in [4.69, 9.17) is 10.5 Å². The Morgan fingerprint density at radius 1 is 1.33 bits per heavy atom. The van der Waals surface area contributed by atoms with Crippen LogP contribution in [0.15, 0.2) is 29.3 Å². The minimum Gasteiger partial charge on any atom is -0.406 e. The first-order chi connectivity index (χ1) is 10.9. The highest BCUT2D eigenvalue weighted by Crippen LogP contribution is 2.22. The minimum absolute atomic E-state index is 0. The third-order valence-corrected chi connectivity index (χ3v) is 3.39. The maximum absolute atomic E-state index is 12.0. The molecular formula is C15H21F3IN3O2. The van der Waals surface area contributed by atoms with Gasteiger partial charge in [-0.25, -0.2) is 4.99 Å². The Morgan fingerprint density at radius 3 is 2.62 bits per heavy atom. The van der Waals surface area contributed by atoms with Gasteiger partial charge in [0.1, 0.15) is 5.75 Å². The van der Waals surface area contributed by atoms with Crippen molar-refractivity contribution in [2.75, 3.05) is 13.2 Å². The zero-order chi connectivity index (χ0) is 16.7. The Balaban J connectivity index is 0.00000288. The topological polar surface area (TPSA) is 68.9 Å². The molecule has 0 amide bonds. The van der Waals surface area contributed by atoms with Crippen molar-refractivity contribution < 1.29 is 22.6 Å². The van der Waals surface area contributed by atoms with E-state index in [9.17, 15) is 13.2 Å². The zero-order valence-electron chi connectivity index (χ0n) is 13.0. The molecule has 9 heteroatoms. The molecule has 1 aromatic carbocycles. The van der Waals surface area contributed by atoms with Crippen LogP contribution >= 0.6 is 24.0 Å². The largest absolute Gasteiger partial charge is 0.573 e. The summed E-state index contributed by atoms with van der Waals surface area (Å²) in [5.74, 6) is 0.0477. The third kappa shape index (κ3) is 8.04. The predicted octanol–water partition coefficient (Wildman–Crippen LogP) is 3.18. The average molecular weight is 459 g/mol. The molecule has 0 spiro atoms. The second kappa shape index (κ2) is 9.92. The fourth-order valence-corrected chi connectivity index (χ4v) is 2.26. The number of hydrogen-bond acceptors (Lipinski definition) is 3. The van der Waals surface area contributed by atoms with Gasteiger partial charge in [-0.15, -0.1) is 37.1 Å². The number of hydrogen-bond donors (Lipinski definition) is 2. The van der Waals surface area contributed by atoms with E-state index >= 15 is 0 Å². The Kier molecular flexibility index (Phi) is 8.60. The Hall–Kier alpha value is -1.23. The van der Waals surface area contributed by atoms with E-state index in [0.717, 1.165) is 31.4 Å².